The summed E-state index contributed by atoms with van der Waals surface area (Å²) in [6, 6.07) is 15.9. The highest BCUT2D eigenvalue weighted by atomic mass is 32.1. The summed E-state index contributed by atoms with van der Waals surface area (Å²) in [5.41, 5.74) is 10.8. The molecule has 1 aromatic heterocycles. The van der Waals surface area contributed by atoms with E-state index >= 15 is 0 Å². The van der Waals surface area contributed by atoms with Gasteiger partial charge in [0.1, 0.15) is 4.88 Å². The van der Waals surface area contributed by atoms with Gasteiger partial charge in [-0.2, -0.15) is 5.10 Å². The smallest absolute Gasteiger partial charge is 0.283 e. The molecule has 138 valence electrons. The van der Waals surface area contributed by atoms with Gasteiger partial charge in [0.2, 0.25) is 0 Å². The molecule has 5 nitrogen and oxygen atoms in total. The molecule has 1 heterocycles. The summed E-state index contributed by atoms with van der Waals surface area (Å²) in [6.07, 6.45) is 0. The molecule has 0 radical (unpaired) electrons. The van der Waals surface area contributed by atoms with Gasteiger partial charge >= 0.3 is 0 Å². The van der Waals surface area contributed by atoms with Crippen molar-refractivity contribution >= 4 is 28.6 Å². The van der Waals surface area contributed by atoms with E-state index in [2.05, 4.69) is 10.5 Å². The van der Waals surface area contributed by atoms with Crippen LogP contribution in [0.3, 0.4) is 0 Å². The highest BCUT2D eigenvalue weighted by molar-refractivity contribution is 7.18. The van der Waals surface area contributed by atoms with Gasteiger partial charge in [0.05, 0.1) is 18.5 Å². The first-order valence-corrected chi connectivity index (χ1v) is 8.94. The van der Waals surface area contributed by atoms with Crippen LogP contribution >= 0.6 is 11.3 Å². The fourth-order valence-electron chi connectivity index (χ4n) is 2.47. The number of carbonyl (C=O) groups excluding carboxylic acids is 1. The zero-order chi connectivity index (χ0) is 19.4. The van der Waals surface area contributed by atoms with Crippen LogP contribution in [0.5, 0.6) is 5.75 Å². The molecule has 0 aliphatic heterocycles. The number of hydrazone groups is 1. The van der Waals surface area contributed by atoms with Gasteiger partial charge in [-0.05, 0) is 36.8 Å². The molecule has 0 saturated heterocycles. The molecule has 0 spiro atoms. The van der Waals surface area contributed by atoms with E-state index < -0.39 is 11.7 Å². The van der Waals surface area contributed by atoms with E-state index in [9.17, 15) is 9.18 Å². The van der Waals surface area contributed by atoms with Crippen LogP contribution in [-0.2, 0) is 0 Å². The van der Waals surface area contributed by atoms with Crippen LogP contribution in [-0.4, -0.2) is 18.7 Å². The Kier molecular flexibility index (Phi) is 5.52. The predicted octanol–water partition coefficient (Wildman–Crippen LogP) is 4.30. The molecule has 2 aromatic carbocycles. The Morgan fingerprint density at radius 3 is 2.59 bits per heavy atom. The number of methoxy groups -OCH3 is 1. The van der Waals surface area contributed by atoms with Crippen molar-refractivity contribution in [1.29, 1.82) is 0 Å². The molecular weight excluding hydrogens is 365 g/mol. The van der Waals surface area contributed by atoms with Crippen LogP contribution in [0.15, 0.2) is 59.7 Å². The summed E-state index contributed by atoms with van der Waals surface area (Å²) in [6.45, 7) is 1.68. The van der Waals surface area contributed by atoms with Crippen LogP contribution < -0.4 is 15.9 Å². The summed E-state index contributed by atoms with van der Waals surface area (Å²) in [5.74, 6) is -0.755. The van der Waals surface area contributed by atoms with Gasteiger partial charge in [0.15, 0.2) is 11.6 Å². The number of hydrogen-bond acceptors (Lipinski definition) is 5. The van der Waals surface area contributed by atoms with Crippen molar-refractivity contribution in [2.24, 2.45) is 5.10 Å². The number of carbonyl (C=O) groups is 1. The lowest BCUT2D eigenvalue weighted by molar-refractivity contribution is 0.0959. The first-order valence-electron chi connectivity index (χ1n) is 8.13. The third-order valence-corrected chi connectivity index (χ3v) is 5.12. The average molecular weight is 383 g/mol. The van der Waals surface area contributed by atoms with E-state index in [4.69, 9.17) is 10.5 Å². The molecule has 7 heteroatoms. The maximum Gasteiger partial charge on any atom is 0.283 e. The van der Waals surface area contributed by atoms with Gasteiger partial charge < -0.3 is 10.5 Å². The molecule has 0 bridgehead atoms. The summed E-state index contributed by atoms with van der Waals surface area (Å²) < 4.78 is 18.7. The normalized spacial score (nSPS) is 11.3. The Morgan fingerprint density at radius 1 is 1.19 bits per heavy atom. The maximum absolute atomic E-state index is 13.8. The number of nitrogen functional groups attached to an aromatic ring is 1. The molecule has 3 N–H and O–H groups in total. The van der Waals surface area contributed by atoms with Gasteiger partial charge in [-0.3, -0.25) is 4.79 Å². The summed E-state index contributed by atoms with van der Waals surface area (Å²) >= 11 is 1.29. The topological polar surface area (TPSA) is 76.7 Å². The zero-order valence-electron chi connectivity index (χ0n) is 14.8. The molecule has 0 aliphatic carbocycles. The number of nitrogens with one attached hydrogen (secondary N) is 1. The first-order chi connectivity index (χ1) is 13.0. The number of nitrogens with zero attached hydrogens (tertiary/aromatic N) is 1. The van der Waals surface area contributed by atoms with Crippen LogP contribution in [0, 0.1) is 5.82 Å². The SMILES string of the molecule is COc1ccc(/C(C)=N\NC(=O)c2sc(-c3ccccc3)cc2N)cc1F. The van der Waals surface area contributed by atoms with Crippen LogP contribution in [0.2, 0.25) is 0 Å². The van der Waals surface area contributed by atoms with Gasteiger partial charge in [0.25, 0.3) is 5.91 Å². The Morgan fingerprint density at radius 2 is 1.93 bits per heavy atom. The number of halogens is 1. The van der Waals surface area contributed by atoms with Crippen LogP contribution in [0.25, 0.3) is 10.4 Å². The lowest BCUT2D eigenvalue weighted by Gasteiger charge is -2.05. The monoisotopic (exact) mass is 383 g/mol. The minimum atomic E-state index is -0.495. The van der Waals surface area contributed by atoms with E-state index in [1.807, 2.05) is 30.3 Å². The molecule has 0 fully saturated rings. The quantitative estimate of drug-likeness (QED) is 0.509. The number of hydrogen-bond donors (Lipinski definition) is 2. The molecule has 1 amide bonds. The second kappa shape index (κ2) is 8.01. The van der Waals surface area contributed by atoms with Crippen molar-refractivity contribution in [3.8, 4) is 16.2 Å². The fourth-order valence-corrected chi connectivity index (χ4v) is 3.44. The molecular formula is C20H18FN3O2S. The average Bonchev–Trinajstić information content (AvgIpc) is 3.08. The highest BCUT2D eigenvalue weighted by Crippen LogP contribution is 2.33. The van der Waals surface area contributed by atoms with E-state index in [0.29, 0.717) is 21.8 Å². The fraction of sp³-hybridized carbons (Fsp3) is 0.100. The van der Waals surface area contributed by atoms with Gasteiger partial charge in [-0.15, -0.1) is 11.3 Å². The lowest BCUT2D eigenvalue weighted by Crippen LogP contribution is -2.19. The summed E-state index contributed by atoms with van der Waals surface area (Å²) in [7, 11) is 1.40. The Balaban J connectivity index is 1.76. The third kappa shape index (κ3) is 4.15. The van der Waals surface area contributed by atoms with E-state index in [1.165, 1.54) is 30.6 Å². The Hall–Kier alpha value is -3.19. The molecule has 3 aromatic rings. The van der Waals surface area contributed by atoms with Crippen molar-refractivity contribution in [2.75, 3.05) is 12.8 Å². The van der Waals surface area contributed by atoms with Gasteiger partial charge in [-0.1, -0.05) is 30.3 Å². The number of nitrogens with two attached hydrogens (primary N) is 1. The number of rotatable bonds is 5. The maximum atomic E-state index is 13.8. The minimum absolute atomic E-state index is 0.149. The molecule has 0 unspecified atom stereocenters. The van der Waals surface area contributed by atoms with Crippen LogP contribution in [0.1, 0.15) is 22.2 Å². The van der Waals surface area contributed by atoms with Crippen molar-refractivity contribution in [3.63, 3.8) is 0 Å². The highest BCUT2D eigenvalue weighted by Gasteiger charge is 2.15. The van der Waals surface area contributed by atoms with E-state index in [1.54, 1.807) is 19.1 Å². The molecule has 0 atom stereocenters. The lowest BCUT2D eigenvalue weighted by atomic mass is 10.1. The minimum Gasteiger partial charge on any atom is -0.494 e. The van der Waals surface area contributed by atoms with E-state index in [0.717, 1.165) is 10.4 Å². The van der Waals surface area contributed by atoms with Crippen molar-refractivity contribution in [3.05, 3.63) is 70.9 Å². The second-order valence-corrected chi connectivity index (χ2v) is 6.80. The molecule has 3 rings (SSSR count). The number of thiophene rings is 1. The van der Waals surface area contributed by atoms with E-state index in [-0.39, 0.29) is 5.75 Å². The van der Waals surface area contributed by atoms with Gasteiger partial charge in [0, 0.05) is 10.4 Å². The standard InChI is InChI=1S/C20H18FN3O2S/c1-12(14-8-9-17(26-2)15(21)10-14)23-24-20(25)19-16(22)11-18(27-19)13-6-4-3-5-7-13/h3-11H,22H2,1-2H3,(H,24,25)/b23-12-. The number of ether oxygens (including phenoxy) is 1. The predicted molar refractivity (Wildman–Crippen MR) is 107 cm³/mol. The first kappa shape index (κ1) is 18.6. The number of amides is 1. The van der Waals surface area contributed by atoms with Crippen molar-refractivity contribution in [1.82, 2.24) is 5.43 Å². The number of anilines is 1. The molecule has 27 heavy (non-hydrogen) atoms. The summed E-state index contributed by atoms with van der Waals surface area (Å²) in [4.78, 5) is 13.7. The van der Waals surface area contributed by atoms with Crippen molar-refractivity contribution < 1.29 is 13.9 Å². The summed E-state index contributed by atoms with van der Waals surface area (Å²) in [5, 5.41) is 4.05. The Bertz CT molecular complexity index is 1000. The zero-order valence-corrected chi connectivity index (χ0v) is 15.6. The molecule has 0 saturated carbocycles. The van der Waals surface area contributed by atoms with Crippen molar-refractivity contribution in [2.45, 2.75) is 6.92 Å². The van der Waals surface area contributed by atoms with Crippen LogP contribution in [0.4, 0.5) is 10.1 Å². The van der Waals surface area contributed by atoms with Gasteiger partial charge in [-0.25, -0.2) is 9.82 Å². The largest absolute Gasteiger partial charge is 0.494 e. The second-order valence-electron chi connectivity index (χ2n) is 5.75. The Labute approximate surface area is 160 Å². The third-order valence-electron chi connectivity index (χ3n) is 3.92. The number of benzene rings is 2. The molecule has 0 aliphatic rings.